The second kappa shape index (κ2) is 4.49. The summed E-state index contributed by atoms with van der Waals surface area (Å²) in [5, 5.41) is 4.37. The van der Waals surface area contributed by atoms with E-state index in [-0.39, 0.29) is 35.4 Å². The van der Waals surface area contributed by atoms with Crippen molar-refractivity contribution in [3.05, 3.63) is 18.0 Å². The van der Waals surface area contributed by atoms with E-state index in [1.54, 1.807) is 6.20 Å². The van der Waals surface area contributed by atoms with Crippen LogP contribution in [0.2, 0.25) is 0 Å². The van der Waals surface area contributed by atoms with Crippen LogP contribution in [0.15, 0.2) is 12.4 Å². The standard InChI is InChI=1S/C15H17F3N2O3/c1-22-12(21)13-6-14(7-13,8-13)20-4-10(3-19-20)11-2-9(11)5-23-15(16,17)18/h3-4,9,11H,2,5-8H2,1H3. The summed E-state index contributed by atoms with van der Waals surface area (Å²) in [7, 11) is 1.40. The minimum Gasteiger partial charge on any atom is -0.469 e. The molecule has 0 aromatic carbocycles. The highest BCUT2D eigenvalue weighted by atomic mass is 19.4. The van der Waals surface area contributed by atoms with Crippen LogP contribution >= 0.6 is 0 Å². The van der Waals surface area contributed by atoms with Crippen molar-refractivity contribution in [1.29, 1.82) is 0 Å². The SMILES string of the molecule is COC(=O)C12CC(n3cc(C4CC4COC(F)(F)F)cn3)(C1)C2. The van der Waals surface area contributed by atoms with Gasteiger partial charge in [0, 0.05) is 6.20 Å². The Bertz CT molecular complexity index is 635. The fourth-order valence-electron chi connectivity index (χ4n) is 4.24. The molecule has 8 heteroatoms. The number of rotatable bonds is 5. The Kier molecular flexibility index (Phi) is 2.93. The molecule has 4 aliphatic carbocycles. The molecule has 4 saturated carbocycles. The quantitative estimate of drug-likeness (QED) is 0.779. The largest absolute Gasteiger partial charge is 0.522 e. The van der Waals surface area contributed by atoms with Crippen LogP contribution < -0.4 is 0 Å². The van der Waals surface area contributed by atoms with Gasteiger partial charge in [-0.1, -0.05) is 0 Å². The summed E-state index contributed by atoms with van der Waals surface area (Å²) in [6, 6.07) is 0. The fraction of sp³-hybridized carbons (Fsp3) is 0.733. The number of nitrogens with zero attached hydrogens (tertiary/aromatic N) is 2. The predicted octanol–water partition coefficient (Wildman–Crippen LogP) is 2.58. The van der Waals surface area contributed by atoms with E-state index < -0.39 is 6.36 Å². The molecule has 2 atom stereocenters. The van der Waals surface area contributed by atoms with Crippen LogP contribution in [0.1, 0.15) is 37.2 Å². The summed E-state index contributed by atoms with van der Waals surface area (Å²) < 4.78 is 46.7. The topological polar surface area (TPSA) is 53.4 Å². The van der Waals surface area contributed by atoms with E-state index in [1.807, 2.05) is 10.9 Å². The summed E-state index contributed by atoms with van der Waals surface area (Å²) in [5.41, 5.74) is 0.528. The Labute approximate surface area is 130 Å². The van der Waals surface area contributed by atoms with Crippen LogP contribution in [0.25, 0.3) is 0 Å². The van der Waals surface area contributed by atoms with Gasteiger partial charge >= 0.3 is 12.3 Å². The lowest BCUT2D eigenvalue weighted by Crippen LogP contribution is -2.71. The van der Waals surface area contributed by atoms with Gasteiger partial charge in [0.15, 0.2) is 0 Å². The Morgan fingerprint density at radius 1 is 1.43 bits per heavy atom. The molecule has 23 heavy (non-hydrogen) atoms. The summed E-state index contributed by atoms with van der Waals surface area (Å²) in [6.07, 6.45) is 1.98. The molecular weight excluding hydrogens is 313 g/mol. The predicted molar refractivity (Wildman–Crippen MR) is 71.4 cm³/mol. The molecule has 0 radical (unpaired) electrons. The fourth-order valence-corrected chi connectivity index (χ4v) is 4.24. The third-order valence-corrected chi connectivity index (χ3v) is 5.52. The van der Waals surface area contributed by atoms with Crippen LogP contribution in [0.3, 0.4) is 0 Å². The first-order valence-corrected chi connectivity index (χ1v) is 7.61. The molecule has 1 aromatic heterocycles. The molecule has 2 unspecified atom stereocenters. The first-order chi connectivity index (χ1) is 10.8. The van der Waals surface area contributed by atoms with Gasteiger partial charge in [-0.15, -0.1) is 13.2 Å². The lowest BCUT2D eigenvalue weighted by atomic mass is 9.39. The number of methoxy groups -OCH3 is 1. The van der Waals surface area contributed by atoms with Crippen LogP contribution in [-0.2, 0) is 19.8 Å². The maximum atomic E-state index is 12.0. The van der Waals surface area contributed by atoms with Crippen LogP contribution in [0, 0.1) is 11.3 Å². The Morgan fingerprint density at radius 2 is 2.13 bits per heavy atom. The normalized spacial score (nSPS) is 37.7. The van der Waals surface area contributed by atoms with E-state index in [2.05, 4.69) is 9.84 Å². The lowest BCUT2D eigenvalue weighted by molar-refractivity contribution is -0.326. The van der Waals surface area contributed by atoms with Crippen LogP contribution in [0.4, 0.5) is 13.2 Å². The number of esters is 1. The highest BCUT2D eigenvalue weighted by Gasteiger charge is 2.74. The third-order valence-electron chi connectivity index (χ3n) is 5.52. The van der Waals surface area contributed by atoms with E-state index in [4.69, 9.17) is 4.74 Å². The molecular formula is C15H17F3N2O3. The zero-order valence-electron chi connectivity index (χ0n) is 12.6. The zero-order valence-corrected chi connectivity index (χ0v) is 12.6. The molecule has 0 saturated heterocycles. The Morgan fingerprint density at radius 3 is 2.74 bits per heavy atom. The summed E-state index contributed by atoms with van der Waals surface area (Å²) >= 11 is 0. The molecule has 1 heterocycles. The van der Waals surface area contributed by atoms with Crippen molar-refractivity contribution < 1.29 is 27.4 Å². The highest BCUT2D eigenvalue weighted by molar-refractivity contribution is 5.81. The molecule has 0 amide bonds. The number of carbonyl (C=O) groups excluding carboxylic acids is 1. The molecule has 4 aliphatic rings. The summed E-state index contributed by atoms with van der Waals surface area (Å²) in [5.74, 6) is -0.157. The third kappa shape index (κ3) is 2.26. The maximum Gasteiger partial charge on any atom is 0.522 e. The molecule has 0 aliphatic heterocycles. The van der Waals surface area contributed by atoms with E-state index in [1.165, 1.54) is 7.11 Å². The van der Waals surface area contributed by atoms with Gasteiger partial charge in [-0.05, 0) is 43.1 Å². The number of ether oxygens (including phenoxy) is 2. The maximum absolute atomic E-state index is 12.0. The molecule has 1 aromatic rings. The number of aromatic nitrogens is 2. The molecule has 0 spiro atoms. The first-order valence-electron chi connectivity index (χ1n) is 7.61. The molecule has 126 valence electrons. The van der Waals surface area contributed by atoms with Gasteiger partial charge in [0.2, 0.25) is 0 Å². The van der Waals surface area contributed by atoms with E-state index in [0.717, 1.165) is 24.8 Å². The van der Waals surface area contributed by atoms with Gasteiger partial charge in [-0.25, -0.2) is 0 Å². The second-order valence-electron chi connectivity index (χ2n) is 7.10. The van der Waals surface area contributed by atoms with Gasteiger partial charge in [0.05, 0.1) is 30.9 Å². The van der Waals surface area contributed by atoms with E-state index >= 15 is 0 Å². The van der Waals surface area contributed by atoms with E-state index in [0.29, 0.717) is 6.42 Å². The smallest absolute Gasteiger partial charge is 0.469 e. The van der Waals surface area contributed by atoms with Crippen molar-refractivity contribution in [2.24, 2.45) is 11.3 Å². The molecule has 5 rings (SSSR count). The van der Waals surface area contributed by atoms with Crippen molar-refractivity contribution in [3.8, 4) is 0 Å². The van der Waals surface area contributed by atoms with Crippen molar-refractivity contribution in [1.82, 2.24) is 9.78 Å². The monoisotopic (exact) mass is 330 g/mol. The average molecular weight is 330 g/mol. The van der Waals surface area contributed by atoms with Gasteiger partial charge in [0.25, 0.3) is 0 Å². The number of halogens is 3. The zero-order chi connectivity index (χ0) is 16.5. The average Bonchev–Trinajstić information content (AvgIpc) is 3.01. The van der Waals surface area contributed by atoms with Gasteiger partial charge in [0.1, 0.15) is 0 Å². The molecule has 2 bridgehead atoms. The van der Waals surface area contributed by atoms with Crippen molar-refractivity contribution in [2.75, 3.05) is 13.7 Å². The minimum absolute atomic E-state index is 0.0908. The Balaban J connectivity index is 1.35. The highest BCUT2D eigenvalue weighted by Crippen LogP contribution is 2.71. The molecule has 5 nitrogen and oxygen atoms in total. The van der Waals surface area contributed by atoms with Gasteiger partial charge < -0.3 is 4.74 Å². The minimum atomic E-state index is -4.56. The van der Waals surface area contributed by atoms with Crippen molar-refractivity contribution in [2.45, 2.75) is 43.5 Å². The van der Waals surface area contributed by atoms with E-state index in [9.17, 15) is 18.0 Å². The van der Waals surface area contributed by atoms with Crippen molar-refractivity contribution in [3.63, 3.8) is 0 Å². The van der Waals surface area contributed by atoms with Gasteiger partial charge in [-0.3, -0.25) is 14.2 Å². The number of hydrogen-bond acceptors (Lipinski definition) is 4. The Hall–Kier alpha value is -1.57. The number of alkyl halides is 3. The lowest BCUT2D eigenvalue weighted by Gasteiger charge is -2.67. The summed E-state index contributed by atoms with van der Waals surface area (Å²) in [4.78, 5) is 11.7. The van der Waals surface area contributed by atoms with Crippen LogP contribution in [-0.4, -0.2) is 35.8 Å². The van der Waals surface area contributed by atoms with Crippen molar-refractivity contribution >= 4 is 5.97 Å². The summed E-state index contributed by atoms with van der Waals surface area (Å²) in [6.45, 7) is -0.296. The second-order valence-corrected chi connectivity index (χ2v) is 7.10. The number of hydrogen-bond donors (Lipinski definition) is 0. The van der Waals surface area contributed by atoms with Gasteiger partial charge in [-0.2, -0.15) is 5.10 Å². The molecule has 0 N–H and O–H groups in total. The first kappa shape index (κ1) is 15.0. The number of carbonyl (C=O) groups is 1. The van der Waals surface area contributed by atoms with Crippen LogP contribution in [0.5, 0.6) is 0 Å². The molecule has 4 fully saturated rings.